The van der Waals surface area contributed by atoms with E-state index < -0.39 is 11.5 Å². The lowest BCUT2D eigenvalue weighted by molar-refractivity contribution is -0.149. The summed E-state index contributed by atoms with van der Waals surface area (Å²) in [5, 5.41) is 12.7. The van der Waals surface area contributed by atoms with Gasteiger partial charge in [-0.25, -0.2) is 0 Å². The zero-order chi connectivity index (χ0) is 12.7. The lowest BCUT2D eigenvalue weighted by Gasteiger charge is -2.30. The van der Waals surface area contributed by atoms with E-state index in [0.29, 0.717) is 13.2 Å². The maximum Gasteiger partial charge on any atom is 0.326 e. The molecule has 1 saturated carbocycles. The second-order valence-electron chi connectivity index (χ2n) is 4.88. The molecule has 0 aromatic heterocycles. The van der Waals surface area contributed by atoms with E-state index in [1.54, 1.807) is 0 Å². The number of unbranched alkanes of at least 4 members (excludes halogenated alkanes) is 1. The Morgan fingerprint density at radius 1 is 1.41 bits per heavy atom. The topological polar surface area (TPSA) is 58.6 Å². The summed E-state index contributed by atoms with van der Waals surface area (Å²) < 4.78 is 5.56. The molecular formula is C13H25NO3. The summed E-state index contributed by atoms with van der Waals surface area (Å²) in [6.07, 6.45) is 5.01. The highest BCUT2D eigenvalue weighted by Crippen LogP contribution is 2.40. The number of ether oxygens (including phenoxy) is 1. The fourth-order valence-corrected chi connectivity index (χ4v) is 2.03. The zero-order valence-electron chi connectivity index (χ0n) is 11.0. The quantitative estimate of drug-likeness (QED) is 0.576. The third kappa shape index (κ3) is 3.96. The van der Waals surface area contributed by atoms with Crippen molar-refractivity contribution < 1.29 is 14.6 Å². The maximum absolute atomic E-state index is 11.5. The first kappa shape index (κ1) is 14.5. The molecule has 1 rings (SSSR count). The van der Waals surface area contributed by atoms with E-state index >= 15 is 0 Å². The summed E-state index contributed by atoms with van der Waals surface area (Å²) in [5.41, 5.74) is -0.844. The van der Waals surface area contributed by atoms with Gasteiger partial charge in [-0.2, -0.15) is 0 Å². The van der Waals surface area contributed by atoms with Gasteiger partial charge >= 0.3 is 5.97 Å². The molecule has 0 amide bonds. The van der Waals surface area contributed by atoms with Crippen molar-refractivity contribution in [1.82, 2.24) is 5.32 Å². The van der Waals surface area contributed by atoms with Gasteiger partial charge in [-0.15, -0.1) is 0 Å². The maximum atomic E-state index is 11.5. The number of hydrogen-bond acceptors (Lipinski definition) is 3. The summed E-state index contributed by atoms with van der Waals surface area (Å²) in [6, 6.07) is 0. The van der Waals surface area contributed by atoms with Crippen molar-refractivity contribution in [2.24, 2.45) is 5.92 Å². The molecule has 0 aliphatic heterocycles. The van der Waals surface area contributed by atoms with Crippen molar-refractivity contribution in [2.45, 2.75) is 51.5 Å². The van der Waals surface area contributed by atoms with Crippen molar-refractivity contribution >= 4 is 5.97 Å². The van der Waals surface area contributed by atoms with Gasteiger partial charge in [-0.3, -0.25) is 10.1 Å². The number of aliphatic carboxylic acids is 1. The van der Waals surface area contributed by atoms with Crippen LogP contribution in [0.2, 0.25) is 0 Å². The van der Waals surface area contributed by atoms with Gasteiger partial charge in [0.05, 0.1) is 6.61 Å². The van der Waals surface area contributed by atoms with E-state index in [1.807, 2.05) is 6.92 Å². The van der Waals surface area contributed by atoms with Crippen LogP contribution in [0.15, 0.2) is 0 Å². The van der Waals surface area contributed by atoms with Crippen LogP contribution in [-0.2, 0) is 9.53 Å². The first-order valence-electron chi connectivity index (χ1n) is 6.73. The van der Waals surface area contributed by atoms with Gasteiger partial charge in [0.15, 0.2) is 0 Å². The highest BCUT2D eigenvalue weighted by atomic mass is 16.5. The van der Waals surface area contributed by atoms with Crippen molar-refractivity contribution in [2.75, 3.05) is 19.8 Å². The Labute approximate surface area is 104 Å². The van der Waals surface area contributed by atoms with Gasteiger partial charge in [0, 0.05) is 6.61 Å². The Morgan fingerprint density at radius 2 is 2.12 bits per heavy atom. The van der Waals surface area contributed by atoms with Crippen LogP contribution in [0.25, 0.3) is 0 Å². The standard InChI is InChI=1S/C13H25NO3/c1-3-5-9-17-10-13(12(15)16,11-6-7-11)14-8-4-2/h11,14H,3-10H2,1-2H3,(H,15,16). The predicted octanol–water partition coefficient (Wildman–Crippen LogP) is 2.04. The van der Waals surface area contributed by atoms with Crippen LogP contribution >= 0.6 is 0 Å². The molecule has 1 unspecified atom stereocenters. The molecule has 0 spiro atoms. The second-order valence-corrected chi connectivity index (χ2v) is 4.88. The van der Waals surface area contributed by atoms with E-state index in [1.165, 1.54) is 0 Å². The van der Waals surface area contributed by atoms with Gasteiger partial charge < -0.3 is 9.84 Å². The Balaban J connectivity index is 2.52. The van der Waals surface area contributed by atoms with Crippen molar-refractivity contribution in [3.63, 3.8) is 0 Å². The Morgan fingerprint density at radius 3 is 2.59 bits per heavy atom. The highest BCUT2D eigenvalue weighted by molar-refractivity contribution is 5.80. The number of carbonyl (C=O) groups is 1. The average molecular weight is 243 g/mol. The van der Waals surface area contributed by atoms with Crippen LogP contribution in [-0.4, -0.2) is 36.4 Å². The minimum atomic E-state index is -0.844. The summed E-state index contributed by atoms with van der Waals surface area (Å²) in [6.45, 7) is 5.84. The van der Waals surface area contributed by atoms with Gasteiger partial charge in [0.1, 0.15) is 5.54 Å². The van der Waals surface area contributed by atoms with E-state index in [9.17, 15) is 9.90 Å². The summed E-state index contributed by atoms with van der Waals surface area (Å²) in [4.78, 5) is 11.5. The third-order valence-corrected chi connectivity index (χ3v) is 3.32. The molecule has 1 aliphatic rings. The van der Waals surface area contributed by atoms with Crippen LogP contribution in [0.1, 0.15) is 46.0 Å². The lowest BCUT2D eigenvalue weighted by Crippen LogP contribution is -2.57. The smallest absolute Gasteiger partial charge is 0.326 e. The minimum absolute atomic E-state index is 0.244. The van der Waals surface area contributed by atoms with Gasteiger partial charge in [-0.1, -0.05) is 20.3 Å². The molecule has 0 bridgehead atoms. The van der Waals surface area contributed by atoms with Gasteiger partial charge in [0.2, 0.25) is 0 Å². The SMILES string of the molecule is CCCCOCC(NCCC)(C(=O)O)C1CC1. The van der Waals surface area contributed by atoms with Crippen LogP contribution < -0.4 is 5.32 Å². The van der Waals surface area contributed by atoms with Crippen LogP contribution in [0.3, 0.4) is 0 Å². The predicted molar refractivity (Wildman–Crippen MR) is 67.1 cm³/mol. The molecule has 4 nitrogen and oxygen atoms in total. The third-order valence-electron chi connectivity index (χ3n) is 3.32. The van der Waals surface area contributed by atoms with Crippen LogP contribution in [0.5, 0.6) is 0 Å². The normalized spacial score (nSPS) is 18.9. The zero-order valence-corrected chi connectivity index (χ0v) is 11.0. The van der Waals surface area contributed by atoms with Crippen molar-refractivity contribution in [1.29, 1.82) is 0 Å². The Hall–Kier alpha value is -0.610. The number of carboxylic acids is 1. The molecule has 0 heterocycles. The molecule has 0 saturated heterocycles. The largest absolute Gasteiger partial charge is 0.480 e. The molecule has 1 aliphatic carbocycles. The number of nitrogens with one attached hydrogen (secondary N) is 1. The van der Waals surface area contributed by atoms with E-state index in [2.05, 4.69) is 12.2 Å². The van der Waals surface area contributed by atoms with E-state index in [4.69, 9.17) is 4.74 Å². The molecule has 0 aromatic rings. The summed E-state index contributed by atoms with van der Waals surface area (Å²) in [7, 11) is 0. The molecule has 0 radical (unpaired) electrons. The summed E-state index contributed by atoms with van der Waals surface area (Å²) >= 11 is 0. The number of hydrogen-bond donors (Lipinski definition) is 2. The Bertz CT molecular complexity index is 241. The van der Waals surface area contributed by atoms with Crippen molar-refractivity contribution in [3.05, 3.63) is 0 Å². The van der Waals surface area contributed by atoms with Crippen molar-refractivity contribution in [3.8, 4) is 0 Å². The lowest BCUT2D eigenvalue weighted by atomic mass is 9.94. The molecule has 17 heavy (non-hydrogen) atoms. The number of carboxylic acid groups (broad SMARTS) is 1. The molecule has 100 valence electrons. The molecular weight excluding hydrogens is 218 g/mol. The second kappa shape index (κ2) is 6.97. The molecule has 1 fully saturated rings. The van der Waals surface area contributed by atoms with Crippen LogP contribution in [0, 0.1) is 5.92 Å². The van der Waals surface area contributed by atoms with Crippen LogP contribution in [0.4, 0.5) is 0 Å². The molecule has 4 heteroatoms. The first-order valence-corrected chi connectivity index (χ1v) is 6.73. The van der Waals surface area contributed by atoms with Gasteiger partial charge in [0.25, 0.3) is 0 Å². The molecule has 2 N–H and O–H groups in total. The Kier molecular flexibility index (Phi) is 5.92. The fourth-order valence-electron chi connectivity index (χ4n) is 2.03. The highest BCUT2D eigenvalue weighted by Gasteiger charge is 2.51. The minimum Gasteiger partial charge on any atom is -0.480 e. The summed E-state index contributed by atoms with van der Waals surface area (Å²) in [5.74, 6) is -0.516. The number of rotatable bonds is 10. The monoisotopic (exact) mass is 243 g/mol. The van der Waals surface area contributed by atoms with E-state index in [-0.39, 0.29) is 5.92 Å². The fraction of sp³-hybridized carbons (Fsp3) is 0.923. The molecule has 1 atom stereocenters. The van der Waals surface area contributed by atoms with E-state index in [0.717, 1.165) is 38.6 Å². The molecule has 0 aromatic carbocycles. The average Bonchev–Trinajstić information content (AvgIpc) is 3.12. The van der Waals surface area contributed by atoms with Gasteiger partial charge in [-0.05, 0) is 38.1 Å². The first-order chi connectivity index (χ1) is 8.17.